The predicted molar refractivity (Wildman–Crippen MR) is 68.7 cm³/mol. The molecule has 90 valence electrons. The van der Waals surface area contributed by atoms with Crippen LogP contribution in [0.5, 0.6) is 0 Å². The lowest BCUT2D eigenvalue weighted by atomic mass is 9.86. The van der Waals surface area contributed by atoms with E-state index in [2.05, 4.69) is 5.32 Å². The molecule has 1 aliphatic rings. The molecule has 0 spiro atoms. The summed E-state index contributed by atoms with van der Waals surface area (Å²) in [5.74, 6) is -0.712. The molecule has 4 heteroatoms. The molecular weight excluding hydrogens is 238 g/mol. The van der Waals surface area contributed by atoms with Gasteiger partial charge >= 0.3 is 5.97 Å². The molecule has 0 saturated heterocycles. The van der Waals surface area contributed by atoms with Crippen LogP contribution in [-0.2, 0) is 4.79 Å². The molecule has 17 heavy (non-hydrogen) atoms. The average Bonchev–Trinajstić information content (AvgIpc) is 2.29. The number of carboxylic acids is 1. The Bertz CT molecular complexity index is 470. The van der Waals surface area contributed by atoms with Crippen LogP contribution in [-0.4, -0.2) is 17.1 Å². The Morgan fingerprint density at radius 2 is 2.35 bits per heavy atom. The molecule has 0 saturated carbocycles. The molecule has 1 heterocycles. The number of anilines is 1. The van der Waals surface area contributed by atoms with E-state index in [0.717, 1.165) is 11.3 Å². The largest absolute Gasteiger partial charge is 0.480 e. The van der Waals surface area contributed by atoms with Gasteiger partial charge in [0.25, 0.3) is 0 Å². The van der Waals surface area contributed by atoms with Crippen molar-refractivity contribution in [1.82, 2.24) is 0 Å². The molecule has 0 aliphatic carbocycles. The first kappa shape index (κ1) is 12.0. The molecule has 2 rings (SSSR count). The monoisotopic (exact) mass is 251 g/mol. The summed E-state index contributed by atoms with van der Waals surface area (Å²) in [5.41, 5.74) is 1.92. The fraction of sp³-hybridized carbons (Fsp3) is 0.308. The quantitative estimate of drug-likeness (QED) is 0.793. The fourth-order valence-electron chi connectivity index (χ4n) is 2.18. The lowest BCUT2D eigenvalue weighted by molar-refractivity contribution is -0.138. The van der Waals surface area contributed by atoms with Crippen LogP contribution in [0.4, 0.5) is 5.69 Å². The number of rotatable bonds is 2. The van der Waals surface area contributed by atoms with E-state index in [-0.39, 0.29) is 5.92 Å². The smallest absolute Gasteiger partial charge is 0.326 e. The number of hydrogen-bond acceptors (Lipinski definition) is 2. The highest BCUT2D eigenvalue weighted by Crippen LogP contribution is 2.36. The maximum Gasteiger partial charge on any atom is 0.326 e. The number of hydrogen-bond donors (Lipinski definition) is 2. The molecule has 0 radical (unpaired) electrons. The van der Waals surface area contributed by atoms with Gasteiger partial charge in [0.1, 0.15) is 6.04 Å². The zero-order valence-electron chi connectivity index (χ0n) is 9.48. The molecule has 2 N–H and O–H groups in total. The zero-order valence-corrected chi connectivity index (χ0v) is 10.2. The van der Waals surface area contributed by atoms with Gasteiger partial charge in [0.15, 0.2) is 0 Å². The number of allylic oxidation sites excluding steroid dienone is 2. The van der Waals surface area contributed by atoms with Crippen LogP contribution in [0, 0.1) is 0 Å². The summed E-state index contributed by atoms with van der Waals surface area (Å²) in [6, 6.07) is 4.96. The van der Waals surface area contributed by atoms with Crippen molar-refractivity contribution in [3.63, 3.8) is 0 Å². The third-order valence-electron chi connectivity index (χ3n) is 2.96. The molecule has 0 bridgehead atoms. The molecule has 2 atom stereocenters. The molecule has 1 aliphatic heterocycles. The van der Waals surface area contributed by atoms with E-state index in [1.165, 1.54) is 0 Å². The number of aliphatic carboxylic acids is 1. The SMILES string of the molecule is C/C=C\C1CC(C(=O)O)Nc2ccc(Cl)cc21. The van der Waals surface area contributed by atoms with Gasteiger partial charge in [-0.2, -0.15) is 0 Å². The second kappa shape index (κ2) is 4.80. The van der Waals surface area contributed by atoms with Crippen LogP contribution in [0.15, 0.2) is 30.4 Å². The predicted octanol–water partition coefficient (Wildman–Crippen LogP) is 3.27. The van der Waals surface area contributed by atoms with Crippen LogP contribution in [0.1, 0.15) is 24.8 Å². The third-order valence-corrected chi connectivity index (χ3v) is 3.19. The summed E-state index contributed by atoms with van der Waals surface area (Å²) in [6.45, 7) is 1.93. The lowest BCUT2D eigenvalue weighted by Gasteiger charge is -2.29. The van der Waals surface area contributed by atoms with Gasteiger partial charge in [-0.25, -0.2) is 4.79 Å². The van der Waals surface area contributed by atoms with Gasteiger partial charge in [-0.1, -0.05) is 23.8 Å². The average molecular weight is 252 g/mol. The molecule has 0 fully saturated rings. The van der Waals surface area contributed by atoms with Crippen molar-refractivity contribution in [3.8, 4) is 0 Å². The van der Waals surface area contributed by atoms with Gasteiger partial charge < -0.3 is 10.4 Å². The molecule has 3 nitrogen and oxygen atoms in total. The fourth-order valence-corrected chi connectivity index (χ4v) is 2.36. The lowest BCUT2D eigenvalue weighted by Crippen LogP contribution is -2.34. The van der Waals surface area contributed by atoms with Crippen molar-refractivity contribution >= 4 is 23.3 Å². The number of carbonyl (C=O) groups is 1. The highest BCUT2D eigenvalue weighted by Gasteiger charge is 2.29. The van der Waals surface area contributed by atoms with Crippen LogP contribution in [0.3, 0.4) is 0 Å². The van der Waals surface area contributed by atoms with Crippen LogP contribution in [0.25, 0.3) is 0 Å². The van der Waals surface area contributed by atoms with E-state index in [1.54, 1.807) is 6.07 Å². The Balaban J connectivity index is 2.41. The van der Waals surface area contributed by atoms with Crippen LogP contribution < -0.4 is 5.32 Å². The van der Waals surface area contributed by atoms with Crippen LogP contribution >= 0.6 is 11.6 Å². The van der Waals surface area contributed by atoms with Crippen molar-refractivity contribution in [3.05, 3.63) is 40.9 Å². The number of fused-ring (bicyclic) bond motifs is 1. The van der Waals surface area contributed by atoms with Crippen LogP contribution in [0.2, 0.25) is 5.02 Å². The zero-order chi connectivity index (χ0) is 12.4. The summed E-state index contributed by atoms with van der Waals surface area (Å²) < 4.78 is 0. The minimum absolute atomic E-state index is 0.107. The Morgan fingerprint density at radius 3 is 3.00 bits per heavy atom. The molecule has 1 aromatic carbocycles. The van der Waals surface area contributed by atoms with E-state index in [9.17, 15) is 4.79 Å². The topological polar surface area (TPSA) is 49.3 Å². The maximum atomic E-state index is 11.1. The maximum absolute atomic E-state index is 11.1. The number of carboxylic acid groups (broad SMARTS) is 1. The van der Waals surface area contributed by atoms with E-state index >= 15 is 0 Å². The first-order valence-electron chi connectivity index (χ1n) is 5.53. The molecular formula is C13H14ClNO2. The summed E-state index contributed by atoms with van der Waals surface area (Å²) in [5, 5.41) is 12.8. The van der Waals surface area contributed by atoms with Gasteiger partial charge in [-0.15, -0.1) is 0 Å². The van der Waals surface area contributed by atoms with Crippen molar-refractivity contribution in [1.29, 1.82) is 0 Å². The molecule has 2 unspecified atom stereocenters. The van der Waals surface area contributed by atoms with Crippen molar-refractivity contribution in [2.45, 2.75) is 25.3 Å². The van der Waals surface area contributed by atoms with Gasteiger partial charge in [-0.05, 0) is 37.1 Å². The second-order valence-electron chi connectivity index (χ2n) is 4.13. The standard InChI is InChI=1S/C13H14ClNO2/c1-2-3-8-6-12(13(16)17)15-11-5-4-9(14)7-10(8)11/h2-5,7-8,12,15H,6H2,1H3,(H,16,17)/b3-2-. The Kier molecular flexibility index (Phi) is 3.38. The highest BCUT2D eigenvalue weighted by atomic mass is 35.5. The summed E-state index contributed by atoms with van der Waals surface area (Å²) >= 11 is 5.97. The van der Waals surface area contributed by atoms with Crippen molar-refractivity contribution in [2.75, 3.05) is 5.32 Å². The van der Waals surface area contributed by atoms with Crippen molar-refractivity contribution < 1.29 is 9.90 Å². The van der Waals surface area contributed by atoms with Gasteiger partial charge in [0, 0.05) is 16.6 Å². The summed E-state index contributed by atoms with van der Waals surface area (Å²) in [6.07, 6.45) is 4.51. The number of nitrogens with one attached hydrogen (secondary N) is 1. The van der Waals surface area contributed by atoms with E-state index in [0.29, 0.717) is 11.4 Å². The Hall–Kier alpha value is -1.48. The Labute approximate surface area is 105 Å². The van der Waals surface area contributed by atoms with Gasteiger partial charge in [0.05, 0.1) is 0 Å². The minimum Gasteiger partial charge on any atom is -0.480 e. The highest BCUT2D eigenvalue weighted by molar-refractivity contribution is 6.30. The summed E-state index contributed by atoms with van der Waals surface area (Å²) in [4.78, 5) is 11.1. The van der Waals surface area contributed by atoms with E-state index in [1.807, 2.05) is 31.2 Å². The normalized spacial score (nSPS) is 23.2. The molecule has 0 aromatic heterocycles. The van der Waals surface area contributed by atoms with Crippen molar-refractivity contribution in [2.24, 2.45) is 0 Å². The minimum atomic E-state index is -0.819. The number of halogens is 1. The molecule has 0 amide bonds. The number of benzene rings is 1. The van der Waals surface area contributed by atoms with E-state index in [4.69, 9.17) is 16.7 Å². The first-order valence-corrected chi connectivity index (χ1v) is 5.91. The summed E-state index contributed by atoms with van der Waals surface area (Å²) in [7, 11) is 0. The van der Waals surface area contributed by atoms with Gasteiger partial charge in [0.2, 0.25) is 0 Å². The second-order valence-corrected chi connectivity index (χ2v) is 4.57. The third kappa shape index (κ3) is 2.44. The van der Waals surface area contributed by atoms with E-state index < -0.39 is 12.0 Å². The Morgan fingerprint density at radius 1 is 1.59 bits per heavy atom. The molecule has 1 aromatic rings. The van der Waals surface area contributed by atoms with Gasteiger partial charge in [-0.3, -0.25) is 0 Å². The first-order chi connectivity index (χ1) is 8.11.